The van der Waals surface area contributed by atoms with Crippen LogP contribution in [0.5, 0.6) is 0 Å². The van der Waals surface area contributed by atoms with Crippen molar-refractivity contribution in [1.29, 1.82) is 0 Å². The third-order valence-electron chi connectivity index (χ3n) is 2.47. The molecule has 0 amide bonds. The van der Waals surface area contributed by atoms with E-state index >= 15 is 0 Å². The Bertz CT molecular complexity index is 595. The van der Waals surface area contributed by atoms with Crippen LogP contribution >= 0.6 is 54.8 Å². The molecule has 0 bridgehead atoms. The van der Waals surface area contributed by atoms with Crippen LogP contribution in [0.15, 0.2) is 38.6 Å². The van der Waals surface area contributed by atoms with E-state index in [2.05, 4.69) is 31.9 Å². The van der Waals surface area contributed by atoms with Gasteiger partial charge in [-0.1, -0.05) is 22.0 Å². The van der Waals surface area contributed by atoms with Crippen LogP contribution in [0.2, 0.25) is 0 Å². The normalized spacial score (nSPS) is 13.6. The molecule has 0 radical (unpaired) electrons. The molecule has 19 heavy (non-hydrogen) atoms. The summed E-state index contributed by atoms with van der Waals surface area (Å²) in [5, 5.41) is 0.945. The Balaban J connectivity index is 2.54. The number of thiophene rings is 1. The predicted octanol–water partition coefficient (Wildman–Crippen LogP) is 6.62. The first-order valence-corrected chi connectivity index (χ1v) is 7.94. The van der Waals surface area contributed by atoms with Gasteiger partial charge in [-0.2, -0.15) is 13.2 Å². The van der Waals surface area contributed by atoms with Crippen LogP contribution in [0.25, 0.3) is 0 Å². The molecule has 0 saturated heterocycles. The monoisotopic (exact) mass is 432 g/mol. The number of hydrogen-bond donors (Lipinski definition) is 0. The molecule has 0 spiro atoms. The largest absolute Gasteiger partial charge is 0.416 e. The van der Waals surface area contributed by atoms with Crippen molar-refractivity contribution in [3.8, 4) is 0 Å². The van der Waals surface area contributed by atoms with Gasteiger partial charge in [0.1, 0.15) is 0 Å². The van der Waals surface area contributed by atoms with E-state index in [1.807, 2.05) is 0 Å². The number of rotatable bonds is 2. The first kappa shape index (κ1) is 15.4. The summed E-state index contributed by atoms with van der Waals surface area (Å²) in [6.45, 7) is 0. The van der Waals surface area contributed by atoms with Crippen molar-refractivity contribution in [2.75, 3.05) is 0 Å². The van der Waals surface area contributed by atoms with Crippen molar-refractivity contribution in [3.63, 3.8) is 0 Å². The molecule has 1 aromatic heterocycles. The maximum Gasteiger partial charge on any atom is 0.416 e. The number of benzene rings is 1. The van der Waals surface area contributed by atoms with E-state index < -0.39 is 17.1 Å². The molecule has 0 aliphatic heterocycles. The Kier molecular flexibility index (Phi) is 4.65. The third kappa shape index (κ3) is 3.35. The van der Waals surface area contributed by atoms with Crippen molar-refractivity contribution in [3.05, 3.63) is 54.6 Å². The molecule has 0 aliphatic rings. The summed E-state index contributed by atoms with van der Waals surface area (Å²) in [5.74, 6) is 0. The highest BCUT2D eigenvalue weighted by Gasteiger charge is 2.36. The van der Waals surface area contributed by atoms with Gasteiger partial charge in [0.2, 0.25) is 0 Å². The highest BCUT2D eigenvalue weighted by molar-refractivity contribution is 9.10. The van der Waals surface area contributed by atoms with Crippen molar-refractivity contribution < 1.29 is 13.2 Å². The van der Waals surface area contributed by atoms with Crippen LogP contribution in [-0.4, -0.2) is 0 Å². The molecule has 0 aliphatic carbocycles. The van der Waals surface area contributed by atoms with Gasteiger partial charge in [0.25, 0.3) is 0 Å². The van der Waals surface area contributed by atoms with Crippen LogP contribution in [0.3, 0.4) is 0 Å². The standard InChI is InChI=1S/C12H6Br2ClF3S/c13-6-1-2-7(8(5-6)12(16,17)18)10(15)11-9(14)3-4-19-11/h1-5,10H. The summed E-state index contributed by atoms with van der Waals surface area (Å²) < 4.78 is 40.2. The number of alkyl halides is 4. The van der Waals surface area contributed by atoms with Crippen LogP contribution in [-0.2, 0) is 6.18 Å². The summed E-state index contributed by atoms with van der Waals surface area (Å²) in [6.07, 6.45) is -4.43. The second kappa shape index (κ2) is 5.76. The minimum atomic E-state index is -4.43. The maximum absolute atomic E-state index is 13.0. The van der Waals surface area contributed by atoms with Crippen LogP contribution in [0.4, 0.5) is 13.2 Å². The second-order valence-electron chi connectivity index (χ2n) is 3.72. The number of halogens is 6. The highest BCUT2D eigenvalue weighted by Crippen LogP contribution is 2.43. The van der Waals surface area contributed by atoms with Crippen molar-refractivity contribution in [2.24, 2.45) is 0 Å². The highest BCUT2D eigenvalue weighted by atomic mass is 79.9. The van der Waals surface area contributed by atoms with Gasteiger partial charge in [-0.15, -0.1) is 22.9 Å². The Morgan fingerprint density at radius 3 is 2.37 bits per heavy atom. The van der Waals surface area contributed by atoms with Gasteiger partial charge in [0, 0.05) is 13.8 Å². The quantitative estimate of drug-likeness (QED) is 0.466. The SMILES string of the molecule is FC(F)(F)c1cc(Br)ccc1C(Cl)c1sccc1Br. The van der Waals surface area contributed by atoms with E-state index in [0.717, 1.165) is 6.07 Å². The predicted molar refractivity (Wildman–Crippen MR) is 78.9 cm³/mol. The maximum atomic E-state index is 13.0. The van der Waals surface area contributed by atoms with E-state index in [-0.39, 0.29) is 5.56 Å². The lowest BCUT2D eigenvalue weighted by Gasteiger charge is -2.17. The van der Waals surface area contributed by atoms with Crippen molar-refractivity contribution in [2.45, 2.75) is 11.6 Å². The van der Waals surface area contributed by atoms with Gasteiger partial charge in [0.05, 0.1) is 10.9 Å². The van der Waals surface area contributed by atoms with E-state index in [4.69, 9.17) is 11.6 Å². The molecule has 1 unspecified atom stereocenters. The molecule has 102 valence electrons. The first-order valence-electron chi connectivity index (χ1n) is 5.04. The van der Waals surface area contributed by atoms with Gasteiger partial charge in [-0.05, 0) is 45.1 Å². The fourth-order valence-electron chi connectivity index (χ4n) is 1.62. The average Bonchev–Trinajstić information content (AvgIpc) is 2.73. The van der Waals surface area contributed by atoms with Crippen LogP contribution in [0.1, 0.15) is 21.4 Å². The fraction of sp³-hybridized carbons (Fsp3) is 0.167. The van der Waals surface area contributed by atoms with E-state index in [1.165, 1.54) is 17.4 Å². The Morgan fingerprint density at radius 2 is 1.84 bits per heavy atom. The molecule has 2 rings (SSSR count). The molecule has 0 saturated carbocycles. The van der Waals surface area contributed by atoms with Gasteiger partial charge < -0.3 is 0 Å². The molecule has 0 N–H and O–H groups in total. The topological polar surface area (TPSA) is 0 Å². The van der Waals surface area contributed by atoms with Crippen LogP contribution < -0.4 is 0 Å². The fourth-order valence-corrected chi connectivity index (χ4v) is 4.17. The molecular weight excluding hydrogens is 428 g/mol. The van der Waals surface area contributed by atoms with E-state index in [0.29, 0.717) is 13.8 Å². The summed E-state index contributed by atoms with van der Waals surface area (Å²) in [5.41, 5.74) is -0.664. The van der Waals surface area contributed by atoms with Gasteiger partial charge in [-0.25, -0.2) is 0 Å². The summed E-state index contributed by atoms with van der Waals surface area (Å²) >= 11 is 13.9. The zero-order valence-corrected chi connectivity index (χ0v) is 13.9. The van der Waals surface area contributed by atoms with Gasteiger partial charge in [0.15, 0.2) is 0 Å². The molecule has 1 aromatic carbocycles. The lowest BCUT2D eigenvalue weighted by atomic mass is 10.0. The molecule has 2 aromatic rings. The Labute approximate surface area is 133 Å². The van der Waals surface area contributed by atoms with Gasteiger partial charge in [-0.3, -0.25) is 0 Å². The van der Waals surface area contributed by atoms with Crippen molar-refractivity contribution >= 4 is 54.8 Å². The Morgan fingerprint density at radius 1 is 1.16 bits per heavy atom. The minimum Gasteiger partial charge on any atom is -0.166 e. The molecule has 0 nitrogen and oxygen atoms in total. The van der Waals surface area contributed by atoms with Gasteiger partial charge >= 0.3 is 6.18 Å². The average molecular weight is 435 g/mol. The van der Waals surface area contributed by atoms with E-state index in [1.54, 1.807) is 17.5 Å². The zero-order valence-electron chi connectivity index (χ0n) is 9.14. The zero-order chi connectivity index (χ0) is 14.2. The molecule has 1 heterocycles. The van der Waals surface area contributed by atoms with Crippen LogP contribution in [0, 0.1) is 0 Å². The Hall–Kier alpha value is -0.0400. The summed E-state index contributed by atoms with van der Waals surface area (Å²) in [7, 11) is 0. The lowest BCUT2D eigenvalue weighted by Crippen LogP contribution is -2.10. The minimum absolute atomic E-state index is 0.0560. The first-order chi connectivity index (χ1) is 8.80. The van der Waals surface area contributed by atoms with Crippen molar-refractivity contribution in [1.82, 2.24) is 0 Å². The molecule has 1 atom stereocenters. The molecule has 0 fully saturated rings. The second-order valence-corrected chi connectivity index (χ2v) is 6.88. The van der Waals surface area contributed by atoms with E-state index in [9.17, 15) is 13.2 Å². The lowest BCUT2D eigenvalue weighted by molar-refractivity contribution is -0.138. The summed E-state index contributed by atoms with van der Waals surface area (Å²) in [6, 6.07) is 5.77. The smallest absolute Gasteiger partial charge is 0.166 e. The summed E-state index contributed by atoms with van der Waals surface area (Å²) in [4.78, 5) is 0.662. The third-order valence-corrected chi connectivity index (χ3v) is 5.48. The molecular formula is C12H6Br2ClF3S. The molecule has 7 heteroatoms. The number of hydrogen-bond acceptors (Lipinski definition) is 1.